The SMILES string of the molecule is Cc1cc(C)c(S(=O)(=O)NCCC2CCCNC2)c(C)c1. The maximum Gasteiger partial charge on any atom is 0.241 e. The van der Waals surface area contributed by atoms with Crippen LogP contribution >= 0.6 is 0 Å². The van der Waals surface area contributed by atoms with Gasteiger partial charge in [0.15, 0.2) is 0 Å². The summed E-state index contributed by atoms with van der Waals surface area (Å²) in [6.45, 7) is 8.31. The Morgan fingerprint density at radius 3 is 2.48 bits per heavy atom. The lowest BCUT2D eigenvalue weighted by molar-refractivity contribution is 0.358. The van der Waals surface area contributed by atoms with Gasteiger partial charge in [0.05, 0.1) is 4.90 Å². The Bertz CT molecular complexity index is 567. The maximum atomic E-state index is 12.5. The van der Waals surface area contributed by atoms with Crippen LogP contribution in [0.15, 0.2) is 17.0 Å². The summed E-state index contributed by atoms with van der Waals surface area (Å²) >= 11 is 0. The smallest absolute Gasteiger partial charge is 0.241 e. The molecule has 0 amide bonds. The van der Waals surface area contributed by atoms with Crippen molar-refractivity contribution >= 4 is 10.0 Å². The Kier molecular flexibility index (Phi) is 5.41. The van der Waals surface area contributed by atoms with E-state index in [-0.39, 0.29) is 0 Å². The molecule has 1 aromatic carbocycles. The third kappa shape index (κ3) is 4.28. The summed E-state index contributed by atoms with van der Waals surface area (Å²) in [4.78, 5) is 0.440. The van der Waals surface area contributed by atoms with Crippen LogP contribution in [-0.2, 0) is 10.0 Å². The first kappa shape index (κ1) is 16.5. The number of aryl methyl sites for hydroxylation is 3. The van der Waals surface area contributed by atoms with Crippen LogP contribution in [0.5, 0.6) is 0 Å². The van der Waals surface area contributed by atoms with Crippen LogP contribution in [0.2, 0.25) is 0 Å². The first-order valence-electron chi connectivity index (χ1n) is 7.68. The molecule has 2 rings (SSSR count). The number of nitrogens with one attached hydrogen (secondary N) is 2. The van der Waals surface area contributed by atoms with Gasteiger partial charge in [0.25, 0.3) is 0 Å². The van der Waals surface area contributed by atoms with Gasteiger partial charge in [-0.05, 0) is 70.2 Å². The average molecular weight is 310 g/mol. The molecule has 1 heterocycles. The van der Waals surface area contributed by atoms with Crippen LogP contribution in [0.3, 0.4) is 0 Å². The molecule has 0 radical (unpaired) electrons. The van der Waals surface area contributed by atoms with E-state index in [1.54, 1.807) is 0 Å². The number of hydrogen-bond donors (Lipinski definition) is 2. The van der Waals surface area contributed by atoms with Gasteiger partial charge < -0.3 is 5.32 Å². The first-order valence-corrected chi connectivity index (χ1v) is 9.16. The third-order valence-corrected chi connectivity index (χ3v) is 5.88. The molecule has 0 aromatic heterocycles. The van der Waals surface area contributed by atoms with Crippen LogP contribution < -0.4 is 10.0 Å². The molecular weight excluding hydrogens is 284 g/mol. The van der Waals surface area contributed by atoms with E-state index >= 15 is 0 Å². The van der Waals surface area contributed by atoms with Crippen molar-refractivity contribution < 1.29 is 8.42 Å². The summed E-state index contributed by atoms with van der Waals surface area (Å²) in [6.07, 6.45) is 3.28. The monoisotopic (exact) mass is 310 g/mol. The molecule has 0 saturated carbocycles. The number of benzene rings is 1. The molecule has 1 aromatic rings. The predicted octanol–water partition coefficient (Wildman–Crippen LogP) is 2.28. The lowest BCUT2D eigenvalue weighted by Gasteiger charge is -2.22. The lowest BCUT2D eigenvalue weighted by Crippen LogP contribution is -2.33. The molecule has 0 aliphatic carbocycles. The zero-order chi connectivity index (χ0) is 15.5. The van der Waals surface area contributed by atoms with Crippen molar-refractivity contribution in [1.29, 1.82) is 0 Å². The fraction of sp³-hybridized carbons (Fsp3) is 0.625. The van der Waals surface area contributed by atoms with Gasteiger partial charge in [-0.25, -0.2) is 13.1 Å². The molecular formula is C16H26N2O2S. The molecule has 1 aliphatic heterocycles. The van der Waals surface area contributed by atoms with E-state index in [0.717, 1.165) is 36.2 Å². The second-order valence-electron chi connectivity index (χ2n) is 6.13. The summed E-state index contributed by atoms with van der Waals surface area (Å²) in [6, 6.07) is 3.85. The van der Waals surface area contributed by atoms with E-state index in [4.69, 9.17) is 0 Å². The van der Waals surface area contributed by atoms with Crippen molar-refractivity contribution in [2.24, 2.45) is 5.92 Å². The summed E-state index contributed by atoms with van der Waals surface area (Å²) in [5, 5.41) is 3.36. The first-order chi connectivity index (χ1) is 9.90. The van der Waals surface area contributed by atoms with Crippen LogP contribution in [0.25, 0.3) is 0 Å². The van der Waals surface area contributed by atoms with Gasteiger partial charge >= 0.3 is 0 Å². The molecule has 118 valence electrons. The number of piperidine rings is 1. The Morgan fingerprint density at radius 2 is 1.90 bits per heavy atom. The van der Waals surface area contributed by atoms with Crippen LogP contribution in [0.4, 0.5) is 0 Å². The Balaban J connectivity index is 2.01. The van der Waals surface area contributed by atoms with Crippen molar-refractivity contribution in [3.8, 4) is 0 Å². The van der Waals surface area contributed by atoms with Crippen molar-refractivity contribution in [3.05, 3.63) is 28.8 Å². The molecule has 2 N–H and O–H groups in total. The van der Waals surface area contributed by atoms with Gasteiger partial charge in [-0.1, -0.05) is 17.7 Å². The molecule has 0 bridgehead atoms. The van der Waals surface area contributed by atoms with Crippen LogP contribution in [-0.4, -0.2) is 28.1 Å². The highest BCUT2D eigenvalue weighted by Crippen LogP contribution is 2.22. The molecule has 21 heavy (non-hydrogen) atoms. The second kappa shape index (κ2) is 6.90. The van der Waals surface area contributed by atoms with E-state index in [1.807, 2.05) is 32.9 Å². The van der Waals surface area contributed by atoms with Crippen LogP contribution in [0, 0.1) is 26.7 Å². The molecule has 4 nitrogen and oxygen atoms in total. The summed E-state index contributed by atoms with van der Waals surface area (Å²) < 4.78 is 27.8. The standard InChI is InChI=1S/C16H26N2O2S/c1-12-9-13(2)16(14(3)10-12)21(19,20)18-8-6-15-5-4-7-17-11-15/h9-10,15,17-18H,4-8,11H2,1-3H3. The number of sulfonamides is 1. The highest BCUT2D eigenvalue weighted by atomic mass is 32.2. The maximum absolute atomic E-state index is 12.5. The van der Waals surface area contributed by atoms with Gasteiger partial charge in [-0.15, -0.1) is 0 Å². The second-order valence-corrected chi connectivity index (χ2v) is 7.83. The molecule has 5 heteroatoms. The highest BCUT2D eigenvalue weighted by molar-refractivity contribution is 7.89. The van der Waals surface area contributed by atoms with E-state index in [0.29, 0.717) is 17.4 Å². The van der Waals surface area contributed by atoms with E-state index in [2.05, 4.69) is 10.0 Å². The van der Waals surface area contributed by atoms with E-state index < -0.39 is 10.0 Å². The fourth-order valence-electron chi connectivity index (χ4n) is 3.23. The largest absolute Gasteiger partial charge is 0.316 e. The van der Waals surface area contributed by atoms with Crippen LogP contribution in [0.1, 0.15) is 36.0 Å². The predicted molar refractivity (Wildman–Crippen MR) is 86.1 cm³/mol. The summed E-state index contributed by atoms with van der Waals surface area (Å²) in [5.74, 6) is 0.585. The lowest BCUT2D eigenvalue weighted by atomic mass is 9.96. The Morgan fingerprint density at radius 1 is 1.24 bits per heavy atom. The topological polar surface area (TPSA) is 58.2 Å². The van der Waals surface area contributed by atoms with Gasteiger partial charge in [0, 0.05) is 6.54 Å². The van der Waals surface area contributed by atoms with Crippen molar-refractivity contribution in [2.75, 3.05) is 19.6 Å². The van der Waals surface area contributed by atoms with E-state index in [1.165, 1.54) is 12.8 Å². The van der Waals surface area contributed by atoms with Gasteiger partial charge in [-0.3, -0.25) is 0 Å². The molecule has 1 unspecified atom stereocenters. The zero-order valence-electron chi connectivity index (χ0n) is 13.2. The fourth-order valence-corrected chi connectivity index (χ4v) is 4.73. The summed E-state index contributed by atoms with van der Waals surface area (Å²) in [5.41, 5.74) is 2.73. The van der Waals surface area contributed by atoms with Crippen molar-refractivity contribution in [1.82, 2.24) is 10.0 Å². The van der Waals surface area contributed by atoms with Gasteiger partial charge in [0.2, 0.25) is 10.0 Å². The minimum atomic E-state index is -3.41. The third-order valence-electron chi connectivity index (χ3n) is 4.12. The average Bonchev–Trinajstić information content (AvgIpc) is 2.38. The minimum absolute atomic E-state index is 0.440. The molecule has 0 spiro atoms. The van der Waals surface area contributed by atoms with Crippen molar-refractivity contribution in [2.45, 2.75) is 44.9 Å². The normalized spacial score (nSPS) is 19.7. The Labute approximate surface area is 128 Å². The number of hydrogen-bond acceptors (Lipinski definition) is 3. The van der Waals surface area contributed by atoms with Gasteiger partial charge in [0.1, 0.15) is 0 Å². The van der Waals surface area contributed by atoms with Gasteiger partial charge in [-0.2, -0.15) is 0 Å². The highest BCUT2D eigenvalue weighted by Gasteiger charge is 2.20. The minimum Gasteiger partial charge on any atom is -0.316 e. The Hall–Kier alpha value is -0.910. The molecule has 1 atom stereocenters. The molecule has 1 fully saturated rings. The molecule has 1 aliphatic rings. The molecule has 1 saturated heterocycles. The van der Waals surface area contributed by atoms with Crippen molar-refractivity contribution in [3.63, 3.8) is 0 Å². The van der Waals surface area contributed by atoms with E-state index in [9.17, 15) is 8.42 Å². The zero-order valence-corrected chi connectivity index (χ0v) is 14.0. The quantitative estimate of drug-likeness (QED) is 0.877. The summed E-state index contributed by atoms with van der Waals surface area (Å²) in [7, 11) is -3.41. The number of rotatable bonds is 5.